The van der Waals surface area contributed by atoms with Crippen molar-refractivity contribution in [1.82, 2.24) is 0 Å². The molecule has 0 spiro atoms. The molecule has 0 bridgehead atoms. The number of ketones is 1. The van der Waals surface area contributed by atoms with Gasteiger partial charge in [0.25, 0.3) is 0 Å². The number of methoxy groups -OCH3 is 2. The number of ether oxygens (including phenoxy) is 2. The van der Waals surface area contributed by atoms with Gasteiger partial charge in [0, 0.05) is 6.42 Å². The molecule has 0 aliphatic carbocycles. The van der Waals surface area contributed by atoms with Crippen LogP contribution in [0.15, 0.2) is 41.0 Å². The van der Waals surface area contributed by atoms with Crippen molar-refractivity contribution in [3.63, 3.8) is 0 Å². The van der Waals surface area contributed by atoms with Gasteiger partial charge in [-0.05, 0) is 29.8 Å². The Kier molecular flexibility index (Phi) is 3.67. The largest absolute Gasteiger partial charge is 0.493 e. The molecule has 18 heavy (non-hydrogen) atoms. The number of Topliss-reactive ketones (excluding diaryl/α,β-unsaturated/α-hetero) is 1. The molecule has 0 N–H and O–H groups in total. The van der Waals surface area contributed by atoms with Crippen molar-refractivity contribution < 1.29 is 18.7 Å². The van der Waals surface area contributed by atoms with Crippen LogP contribution in [-0.2, 0) is 6.42 Å². The smallest absolute Gasteiger partial charge is 0.202 e. The van der Waals surface area contributed by atoms with Gasteiger partial charge in [0.05, 0.1) is 20.5 Å². The summed E-state index contributed by atoms with van der Waals surface area (Å²) >= 11 is 0. The van der Waals surface area contributed by atoms with Gasteiger partial charge >= 0.3 is 0 Å². The highest BCUT2D eigenvalue weighted by Crippen LogP contribution is 2.28. The minimum absolute atomic E-state index is 0.0628. The minimum Gasteiger partial charge on any atom is -0.493 e. The first-order chi connectivity index (χ1) is 8.74. The molecule has 2 rings (SSSR count). The lowest BCUT2D eigenvalue weighted by Crippen LogP contribution is -2.02. The highest BCUT2D eigenvalue weighted by Gasteiger charge is 2.11. The van der Waals surface area contributed by atoms with E-state index in [1.807, 2.05) is 6.07 Å². The maximum atomic E-state index is 11.9. The zero-order valence-corrected chi connectivity index (χ0v) is 10.3. The van der Waals surface area contributed by atoms with Gasteiger partial charge in [-0.25, -0.2) is 0 Å². The maximum Gasteiger partial charge on any atom is 0.202 e. The highest BCUT2D eigenvalue weighted by atomic mass is 16.5. The Balaban J connectivity index is 2.17. The normalized spacial score (nSPS) is 10.1. The number of furan rings is 1. The Morgan fingerprint density at radius 2 is 1.94 bits per heavy atom. The van der Waals surface area contributed by atoms with Crippen LogP contribution in [-0.4, -0.2) is 20.0 Å². The molecule has 2 aromatic rings. The summed E-state index contributed by atoms with van der Waals surface area (Å²) in [5.41, 5.74) is 0.856. The Labute approximate surface area is 105 Å². The monoisotopic (exact) mass is 246 g/mol. The second-order valence-electron chi connectivity index (χ2n) is 3.77. The Morgan fingerprint density at radius 3 is 2.56 bits per heavy atom. The van der Waals surface area contributed by atoms with E-state index in [9.17, 15) is 4.79 Å². The molecular formula is C14H14O4. The van der Waals surface area contributed by atoms with Crippen LogP contribution in [0.4, 0.5) is 0 Å². The van der Waals surface area contributed by atoms with Crippen LogP contribution >= 0.6 is 0 Å². The van der Waals surface area contributed by atoms with Crippen molar-refractivity contribution in [3.8, 4) is 11.5 Å². The lowest BCUT2D eigenvalue weighted by atomic mass is 10.1. The van der Waals surface area contributed by atoms with Crippen LogP contribution in [0.25, 0.3) is 0 Å². The third-order valence-electron chi connectivity index (χ3n) is 2.61. The molecule has 0 radical (unpaired) electrons. The molecule has 0 aliphatic heterocycles. The van der Waals surface area contributed by atoms with Crippen LogP contribution in [0.5, 0.6) is 11.5 Å². The summed E-state index contributed by atoms with van der Waals surface area (Å²) in [4.78, 5) is 11.9. The van der Waals surface area contributed by atoms with Gasteiger partial charge in [-0.15, -0.1) is 0 Å². The summed E-state index contributed by atoms with van der Waals surface area (Å²) < 4.78 is 15.4. The second kappa shape index (κ2) is 5.40. The molecular weight excluding hydrogens is 232 g/mol. The SMILES string of the molecule is COc1ccc(CC(=O)c2ccco2)cc1OC. The fraction of sp³-hybridized carbons (Fsp3) is 0.214. The summed E-state index contributed by atoms with van der Waals surface area (Å²) in [6.07, 6.45) is 1.76. The van der Waals surface area contributed by atoms with Gasteiger partial charge in [-0.3, -0.25) is 4.79 Å². The van der Waals surface area contributed by atoms with E-state index in [0.717, 1.165) is 5.56 Å². The Bertz CT molecular complexity index is 529. The third kappa shape index (κ3) is 2.53. The summed E-state index contributed by atoms with van der Waals surface area (Å²) in [6, 6.07) is 8.76. The predicted molar refractivity (Wildman–Crippen MR) is 66.3 cm³/mol. The average molecular weight is 246 g/mol. The highest BCUT2D eigenvalue weighted by molar-refractivity contribution is 5.95. The third-order valence-corrected chi connectivity index (χ3v) is 2.61. The second-order valence-corrected chi connectivity index (χ2v) is 3.77. The molecule has 1 aromatic carbocycles. The van der Waals surface area contributed by atoms with E-state index < -0.39 is 0 Å². The van der Waals surface area contributed by atoms with E-state index in [1.165, 1.54) is 6.26 Å². The number of rotatable bonds is 5. The van der Waals surface area contributed by atoms with E-state index in [4.69, 9.17) is 13.9 Å². The molecule has 1 heterocycles. The summed E-state index contributed by atoms with van der Waals surface area (Å²) in [5.74, 6) is 1.56. The minimum atomic E-state index is -0.0628. The van der Waals surface area contributed by atoms with Crippen LogP contribution < -0.4 is 9.47 Å². The zero-order chi connectivity index (χ0) is 13.0. The molecule has 0 atom stereocenters. The van der Waals surface area contributed by atoms with Gasteiger partial charge in [0.15, 0.2) is 17.3 Å². The van der Waals surface area contributed by atoms with Crippen molar-refractivity contribution in [2.75, 3.05) is 14.2 Å². The fourth-order valence-corrected chi connectivity index (χ4v) is 1.70. The van der Waals surface area contributed by atoms with Gasteiger partial charge < -0.3 is 13.9 Å². The van der Waals surface area contributed by atoms with E-state index in [1.54, 1.807) is 38.5 Å². The van der Waals surface area contributed by atoms with Gasteiger partial charge in [0.1, 0.15) is 0 Å². The first-order valence-electron chi connectivity index (χ1n) is 5.52. The van der Waals surface area contributed by atoms with Crippen molar-refractivity contribution >= 4 is 5.78 Å². The van der Waals surface area contributed by atoms with E-state index in [0.29, 0.717) is 17.3 Å². The van der Waals surface area contributed by atoms with E-state index in [-0.39, 0.29) is 12.2 Å². The fourth-order valence-electron chi connectivity index (χ4n) is 1.70. The molecule has 1 aromatic heterocycles. The first-order valence-corrected chi connectivity index (χ1v) is 5.52. The van der Waals surface area contributed by atoms with Crippen LogP contribution in [0.2, 0.25) is 0 Å². The quantitative estimate of drug-likeness (QED) is 0.761. The predicted octanol–water partition coefficient (Wildman–Crippen LogP) is 2.72. The number of carbonyl (C=O) groups is 1. The molecule has 4 nitrogen and oxygen atoms in total. The Hall–Kier alpha value is -2.23. The van der Waals surface area contributed by atoms with Crippen LogP contribution in [0.3, 0.4) is 0 Å². The molecule has 0 amide bonds. The van der Waals surface area contributed by atoms with Crippen LogP contribution in [0, 0.1) is 0 Å². The van der Waals surface area contributed by atoms with Crippen molar-refractivity contribution in [3.05, 3.63) is 47.9 Å². The summed E-state index contributed by atoms with van der Waals surface area (Å²) in [7, 11) is 3.14. The van der Waals surface area contributed by atoms with Crippen molar-refractivity contribution in [2.24, 2.45) is 0 Å². The lowest BCUT2D eigenvalue weighted by Gasteiger charge is -2.08. The van der Waals surface area contributed by atoms with E-state index in [2.05, 4.69) is 0 Å². The number of benzene rings is 1. The summed E-state index contributed by atoms with van der Waals surface area (Å²) in [6.45, 7) is 0. The summed E-state index contributed by atoms with van der Waals surface area (Å²) in [5, 5.41) is 0. The molecule has 0 fully saturated rings. The van der Waals surface area contributed by atoms with Crippen molar-refractivity contribution in [1.29, 1.82) is 0 Å². The topological polar surface area (TPSA) is 48.7 Å². The average Bonchev–Trinajstić information content (AvgIpc) is 2.92. The first kappa shape index (κ1) is 12.2. The molecule has 0 unspecified atom stereocenters. The standard InChI is InChI=1S/C14H14O4/c1-16-13-6-5-10(9-14(13)17-2)8-11(15)12-4-3-7-18-12/h3-7,9H,8H2,1-2H3. The number of hydrogen-bond acceptors (Lipinski definition) is 4. The molecule has 94 valence electrons. The van der Waals surface area contributed by atoms with Gasteiger partial charge in [-0.1, -0.05) is 6.07 Å². The number of carbonyl (C=O) groups excluding carboxylic acids is 1. The number of hydrogen-bond donors (Lipinski definition) is 0. The molecule has 0 saturated heterocycles. The van der Waals surface area contributed by atoms with Crippen LogP contribution in [0.1, 0.15) is 16.1 Å². The lowest BCUT2D eigenvalue weighted by molar-refractivity contribution is 0.0966. The Morgan fingerprint density at radius 1 is 1.17 bits per heavy atom. The van der Waals surface area contributed by atoms with Gasteiger partial charge in [-0.2, -0.15) is 0 Å². The zero-order valence-electron chi connectivity index (χ0n) is 10.3. The molecule has 4 heteroatoms. The van der Waals surface area contributed by atoms with Gasteiger partial charge in [0.2, 0.25) is 5.78 Å². The molecule has 0 saturated carbocycles. The molecule has 0 aliphatic rings. The van der Waals surface area contributed by atoms with Crippen molar-refractivity contribution in [2.45, 2.75) is 6.42 Å². The van der Waals surface area contributed by atoms with E-state index >= 15 is 0 Å². The maximum absolute atomic E-state index is 11.9.